The van der Waals surface area contributed by atoms with Gasteiger partial charge in [-0.15, -0.1) is 0 Å². The molecule has 3 rings (SSSR count). The molecule has 0 N–H and O–H groups in total. The number of imide groups is 1. The maximum absolute atomic E-state index is 14.0. The number of amides is 2. The summed E-state index contributed by atoms with van der Waals surface area (Å²) in [6.07, 6.45) is 1.56. The minimum absolute atomic E-state index is 0.0206. The van der Waals surface area contributed by atoms with Gasteiger partial charge in [0.1, 0.15) is 18.5 Å². The zero-order valence-corrected chi connectivity index (χ0v) is 21.8. The van der Waals surface area contributed by atoms with Crippen LogP contribution in [0.1, 0.15) is 31.9 Å². The van der Waals surface area contributed by atoms with Gasteiger partial charge in [0, 0.05) is 5.56 Å². The Bertz CT molecular complexity index is 1140. The quantitative estimate of drug-likeness (QED) is 0.217. The number of nitrogens with zero attached hydrogens (tertiary/aromatic N) is 1. The Morgan fingerprint density at radius 2 is 1.91 bits per heavy atom. The Morgan fingerprint density at radius 3 is 2.59 bits per heavy atom. The summed E-state index contributed by atoms with van der Waals surface area (Å²) in [5.41, 5.74) is 1.02. The molecule has 1 saturated heterocycles. The van der Waals surface area contributed by atoms with Crippen molar-refractivity contribution >= 4 is 57.5 Å². The van der Waals surface area contributed by atoms with Crippen molar-refractivity contribution in [2.75, 3.05) is 13.2 Å². The maximum Gasteiger partial charge on any atom is 0.329 e. The van der Waals surface area contributed by atoms with E-state index in [1.807, 2.05) is 6.92 Å². The van der Waals surface area contributed by atoms with Crippen molar-refractivity contribution in [2.24, 2.45) is 0 Å². The first-order valence-corrected chi connectivity index (χ1v) is 12.4. The summed E-state index contributed by atoms with van der Waals surface area (Å²) in [6.45, 7) is 5.46. The summed E-state index contributed by atoms with van der Waals surface area (Å²) in [5, 5.41) is -0.540. The fourth-order valence-electron chi connectivity index (χ4n) is 3.17. The second-order valence-electron chi connectivity index (χ2n) is 7.12. The summed E-state index contributed by atoms with van der Waals surface area (Å²) in [5.74, 6) is -0.693. The van der Waals surface area contributed by atoms with Crippen LogP contribution in [0.4, 0.5) is 9.18 Å². The van der Waals surface area contributed by atoms with Gasteiger partial charge in [-0.1, -0.05) is 18.2 Å². The average molecular weight is 599 g/mol. The van der Waals surface area contributed by atoms with Crippen molar-refractivity contribution in [3.05, 3.63) is 61.8 Å². The lowest BCUT2D eigenvalue weighted by Crippen LogP contribution is -2.42. The Hall–Kier alpha value is -2.60. The van der Waals surface area contributed by atoms with Crippen LogP contribution in [-0.4, -0.2) is 41.3 Å². The van der Waals surface area contributed by atoms with E-state index in [1.165, 1.54) is 13.0 Å². The number of ether oxygens (including phenoxy) is 3. The van der Waals surface area contributed by atoms with Crippen LogP contribution in [0, 0.1) is 9.39 Å². The molecule has 7 nitrogen and oxygen atoms in total. The van der Waals surface area contributed by atoms with Gasteiger partial charge in [-0.05, 0) is 85.0 Å². The summed E-state index contributed by atoms with van der Waals surface area (Å²) in [4.78, 5) is 38.4. The topological polar surface area (TPSA) is 82.1 Å². The molecule has 1 aliphatic heterocycles. The smallest absolute Gasteiger partial charge is 0.329 e. The number of carbonyl (C=O) groups is 3. The van der Waals surface area contributed by atoms with Crippen LogP contribution in [0.3, 0.4) is 0 Å². The third-order valence-corrected chi connectivity index (χ3v) is 6.48. The summed E-state index contributed by atoms with van der Waals surface area (Å²) < 4.78 is 31.2. The van der Waals surface area contributed by atoms with Crippen LogP contribution in [0.5, 0.6) is 11.5 Å². The van der Waals surface area contributed by atoms with E-state index in [1.54, 1.807) is 43.3 Å². The van der Waals surface area contributed by atoms with Gasteiger partial charge in [0.25, 0.3) is 11.1 Å². The van der Waals surface area contributed by atoms with Gasteiger partial charge in [0.15, 0.2) is 11.5 Å². The highest BCUT2D eigenvalue weighted by atomic mass is 127. The first-order valence-electron chi connectivity index (χ1n) is 10.5. The molecule has 0 bridgehead atoms. The van der Waals surface area contributed by atoms with E-state index in [4.69, 9.17) is 14.2 Å². The molecule has 0 aliphatic carbocycles. The van der Waals surface area contributed by atoms with Gasteiger partial charge in [-0.25, -0.2) is 9.18 Å². The van der Waals surface area contributed by atoms with Crippen molar-refractivity contribution < 1.29 is 33.0 Å². The molecule has 0 aromatic heterocycles. The summed E-state index contributed by atoms with van der Waals surface area (Å²) in [6, 6.07) is 8.78. The molecule has 180 valence electrons. The molecule has 1 aliphatic rings. The number of hydrogen-bond acceptors (Lipinski definition) is 7. The van der Waals surface area contributed by atoms with E-state index < -0.39 is 23.2 Å². The predicted molar refractivity (Wildman–Crippen MR) is 135 cm³/mol. The minimum atomic E-state index is -1.02. The van der Waals surface area contributed by atoms with Crippen LogP contribution in [0.2, 0.25) is 0 Å². The zero-order valence-electron chi connectivity index (χ0n) is 18.8. The van der Waals surface area contributed by atoms with E-state index in [0.717, 1.165) is 16.7 Å². The molecule has 0 saturated carbocycles. The monoisotopic (exact) mass is 599 g/mol. The lowest BCUT2D eigenvalue weighted by molar-refractivity contribution is -0.150. The first kappa shape index (κ1) is 26.0. The minimum Gasteiger partial charge on any atom is -0.490 e. The van der Waals surface area contributed by atoms with Crippen molar-refractivity contribution in [3.63, 3.8) is 0 Å². The fourth-order valence-corrected chi connectivity index (χ4v) is 4.86. The molecule has 34 heavy (non-hydrogen) atoms. The Labute approximate surface area is 214 Å². The van der Waals surface area contributed by atoms with Crippen LogP contribution in [0.15, 0.2) is 41.3 Å². The molecule has 1 atom stereocenters. The lowest BCUT2D eigenvalue weighted by Gasteiger charge is -2.19. The summed E-state index contributed by atoms with van der Waals surface area (Å²) in [7, 11) is 0. The molecule has 0 unspecified atom stereocenters. The molecule has 10 heteroatoms. The number of carbonyl (C=O) groups excluding carboxylic acids is 3. The summed E-state index contributed by atoms with van der Waals surface area (Å²) >= 11 is 2.83. The molecule has 2 aromatic carbocycles. The fraction of sp³-hybridized carbons (Fsp3) is 0.292. The molecule has 0 radical (unpaired) electrons. The van der Waals surface area contributed by atoms with Crippen LogP contribution in [0.25, 0.3) is 6.08 Å². The standard InChI is InChI=1S/C24H23FINO6S/c1-4-31-19-11-15(10-18(26)21(19)33-13-16-8-6-7-9-17(16)25)12-20-22(28)27(24(30)34-20)14(3)23(29)32-5-2/h6-12,14H,4-5,13H2,1-3H3/b20-12+/t14-/m1/s1. The normalized spacial score (nSPS) is 15.6. The molecule has 1 fully saturated rings. The molecule has 2 amide bonds. The van der Waals surface area contributed by atoms with E-state index in [0.29, 0.717) is 32.8 Å². The number of esters is 1. The zero-order chi connectivity index (χ0) is 24.8. The van der Waals surface area contributed by atoms with Crippen LogP contribution < -0.4 is 9.47 Å². The highest BCUT2D eigenvalue weighted by Gasteiger charge is 2.41. The number of halogens is 2. The highest BCUT2D eigenvalue weighted by Crippen LogP contribution is 2.38. The van der Waals surface area contributed by atoms with E-state index in [2.05, 4.69) is 22.6 Å². The van der Waals surface area contributed by atoms with Crippen molar-refractivity contribution in [1.82, 2.24) is 4.90 Å². The molecule has 1 heterocycles. The van der Waals surface area contributed by atoms with Crippen molar-refractivity contribution in [3.8, 4) is 11.5 Å². The second kappa shape index (κ2) is 11.7. The Kier molecular flexibility index (Phi) is 8.95. The second-order valence-corrected chi connectivity index (χ2v) is 9.28. The molecular formula is C24H23FINO6S. The van der Waals surface area contributed by atoms with E-state index in [-0.39, 0.29) is 23.9 Å². The molecular weight excluding hydrogens is 576 g/mol. The molecule has 2 aromatic rings. The van der Waals surface area contributed by atoms with Gasteiger partial charge < -0.3 is 14.2 Å². The highest BCUT2D eigenvalue weighted by molar-refractivity contribution is 14.1. The van der Waals surface area contributed by atoms with E-state index in [9.17, 15) is 18.8 Å². The van der Waals surface area contributed by atoms with Gasteiger partial charge in [-0.2, -0.15) is 0 Å². The van der Waals surface area contributed by atoms with E-state index >= 15 is 0 Å². The number of thioether (sulfide) groups is 1. The maximum atomic E-state index is 14.0. The average Bonchev–Trinajstić information content (AvgIpc) is 3.06. The van der Waals surface area contributed by atoms with Crippen molar-refractivity contribution in [1.29, 1.82) is 0 Å². The van der Waals surface area contributed by atoms with Gasteiger partial charge in [0.05, 0.1) is 21.7 Å². The largest absolute Gasteiger partial charge is 0.490 e. The van der Waals surface area contributed by atoms with Gasteiger partial charge in [0.2, 0.25) is 0 Å². The van der Waals surface area contributed by atoms with Crippen molar-refractivity contribution in [2.45, 2.75) is 33.4 Å². The number of hydrogen-bond donors (Lipinski definition) is 0. The van der Waals surface area contributed by atoms with Crippen LogP contribution in [-0.2, 0) is 20.9 Å². The number of benzene rings is 2. The third-order valence-electron chi connectivity index (χ3n) is 4.80. The molecule has 0 spiro atoms. The lowest BCUT2D eigenvalue weighted by atomic mass is 10.1. The predicted octanol–water partition coefficient (Wildman–Crippen LogP) is 5.40. The van der Waals surface area contributed by atoms with Crippen LogP contribution >= 0.6 is 34.4 Å². The SMILES string of the molecule is CCOC(=O)[C@@H](C)N1C(=O)S/C(=C/c2cc(I)c(OCc3ccccc3F)c(OCC)c2)C1=O. The van der Waals surface area contributed by atoms with Gasteiger partial charge in [-0.3, -0.25) is 14.5 Å². The third kappa shape index (κ3) is 5.90. The first-order chi connectivity index (χ1) is 16.3. The van der Waals surface area contributed by atoms with Gasteiger partial charge >= 0.3 is 5.97 Å². The Morgan fingerprint density at radius 1 is 1.18 bits per heavy atom. The Balaban J connectivity index is 1.86. The number of rotatable bonds is 9.